The molecule has 2 N–H and O–H groups in total. The van der Waals surface area contributed by atoms with Crippen molar-refractivity contribution < 1.29 is 14.3 Å². The fourth-order valence-corrected chi connectivity index (χ4v) is 3.35. The molecule has 0 bridgehead atoms. The lowest BCUT2D eigenvalue weighted by Crippen LogP contribution is -2.48. The number of nitrogens with zero attached hydrogens (tertiary/aromatic N) is 1. The normalized spacial score (nSPS) is 28.6. The molecule has 0 saturated carbocycles. The fourth-order valence-electron chi connectivity index (χ4n) is 3.35. The Morgan fingerprint density at radius 1 is 1.35 bits per heavy atom. The van der Waals surface area contributed by atoms with Crippen LogP contribution in [0, 0.1) is 0 Å². The second-order valence-corrected chi connectivity index (χ2v) is 5.39. The van der Waals surface area contributed by atoms with Crippen molar-refractivity contribution in [3.05, 3.63) is 35.4 Å². The van der Waals surface area contributed by atoms with Crippen molar-refractivity contribution in [2.24, 2.45) is 5.73 Å². The van der Waals surface area contributed by atoms with Gasteiger partial charge in [-0.15, -0.1) is 0 Å². The Bertz CT molecular complexity index is 558. The molecular weight excluding hydrogens is 256 g/mol. The van der Waals surface area contributed by atoms with Crippen LogP contribution in [0.3, 0.4) is 0 Å². The Hall–Kier alpha value is -1.88. The van der Waals surface area contributed by atoms with Crippen LogP contribution < -0.4 is 5.73 Å². The number of rotatable bonds is 1. The number of hydrogen-bond donors (Lipinski definition) is 1. The number of amides is 1. The van der Waals surface area contributed by atoms with Crippen molar-refractivity contribution in [1.29, 1.82) is 0 Å². The number of ether oxygens (including phenoxy) is 1. The van der Waals surface area contributed by atoms with Crippen molar-refractivity contribution in [3.8, 4) is 0 Å². The third-order valence-electron chi connectivity index (χ3n) is 4.28. The molecule has 106 valence electrons. The van der Waals surface area contributed by atoms with E-state index in [0.717, 1.165) is 17.5 Å². The first-order valence-corrected chi connectivity index (χ1v) is 6.87. The maximum Gasteiger partial charge on any atom is 0.328 e. The van der Waals surface area contributed by atoms with Crippen LogP contribution in [0.15, 0.2) is 24.3 Å². The lowest BCUT2D eigenvalue weighted by molar-refractivity contribution is -0.152. The molecule has 0 radical (unpaired) electrons. The molecule has 1 saturated heterocycles. The van der Waals surface area contributed by atoms with Crippen LogP contribution in [-0.4, -0.2) is 36.0 Å². The molecule has 5 nitrogen and oxygen atoms in total. The first-order chi connectivity index (χ1) is 9.63. The van der Waals surface area contributed by atoms with Gasteiger partial charge in [-0.3, -0.25) is 4.79 Å². The molecular formula is C15H18N2O3. The SMILES string of the molecule is COC(=O)[C@@H]1CC[C@@H]2c3ccccc3C[C@H](N)C(=O)N21. The topological polar surface area (TPSA) is 72.6 Å². The van der Waals surface area contributed by atoms with Crippen molar-refractivity contribution in [2.75, 3.05) is 7.11 Å². The van der Waals surface area contributed by atoms with Crippen LogP contribution in [0.5, 0.6) is 0 Å². The number of carbonyl (C=O) groups excluding carboxylic acids is 2. The Balaban J connectivity index is 2.05. The fraction of sp³-hybridized carbons (Fsp3) is 0.467. The second kappa shape index (κ2) is 4.90. The molecule has 1 aromatic carbocycles. The summed E-state index contributed by atoms with van der Waals surface area (Å²) in [6.45, 7) is 0. The van der Waals surface area contributed by atoms with E-state index in [1.54, 1.807) is 4.90 Å². The molecule has 5 heteroatoms. The van der Waals surface area contributed by atoms with Gasteiger partial charge in [-0.1, -0.05) is 24.3 Å². The van der Waals surface area contributed by atoms with E-state index in [4.69, 9.17) is 10.5 Å². The quantitative estimate of drug-likeness (QED) is 0.768. The van der Waals surface area contributed by atoms with E-state index in [-0.39, 0.29) is 17.9 Å². The van der Waals surface area contributed by atoms with E-state index in [1.165, 1.54) is 7.11 Å². The summed E-state index contributed by atoms with van der Waals surface area (Å²) in [7, 11) is 1.35. The van der Waals surface area contributed by atoms with E-state index in [9.17, 15) is 9.59 Å². The summed E-state index contributed by atoms with van der Waals surface area (Å²) < 4.78 is 4.82. The van der Waals surface area contributed by atoms with Crippen molar-refractivity contribution in [1.82, 2.24) is 4.90 Å². The van der Waals surface area contributed by atoms with E-state index in [0.29, 0.717) is 12.8 Å². The maximum atomic E-state index is 12.5. The van der Waals surface area contributed by atoms with Gasteiger partial charge >= 0.3 is 5.97 Å². The van der Waals surface area contributed by atoms with Gasteiger partial charge in [0.25, 0.3) is 0 Å². The Labute approximate surface area is 117 Å². The number of carbonyl (C=O) groups is 2. The Morgan fingerprint density at radius 2 is 2.10 bits per heavy atom. The van der Waals surface area contributed by atoms with Gasteiger partial charge in [0.15, 0.2) is 0 Å². The highest BCUT2D eigenvalue weighted by Gasteiger charge is 2.45. The first kappa shape index (κ1) is 13.1. The molecule has 1 fully saturated rings. The van der Waals surface area contributed by atoms with E-state index in [2.05, 4.69) is 0 Å². The number of benzene rings is 1. The summed E-state index contributed by atoms with van der Waals surface area (Å²) >= 11 is 0. The van der Waals surface area contributed by atoms with Gasteiger partial charge in [0.2, 0.25) is 5.91 Å². The summed E-state index contributed by atoms with van der Waals surface area (Å²) in [5, 5.41) is 0. The van der Waals surface area contributed by atoms with Crippen molar-refractivity contribution >= 4 is 11.9 Å². The number of fused-ring (bicyclic) bond motifs is 3. The number of nitrogens with two attached hydrogens (primary N) is 1. The molecule has 1 aromatic rings. The molecule has 0 aliphatic carbocycles. The Kier molecular flexibility index (Phi) is 3.22. The van der Waals surface area contributed by atoms with Crippen molar-refractivity contribution in [3.63, 3.8) is 0 Å². The van der Waals surface area contributed by atoms with Gasteiger partial charge in [-0.25, -0.2) is 4.79 Å². The zero-order valence-corrected chi connectivity index (χ0v) is 11.4. The zero-order valence-electron chi connectivity index (χ0n) is 11.4. The number of esters is 1. The lowest BCUT2D eigenvalue weighted by atomic mass is 9.96. The smallest absolute Gasteiger partial charge is 0.328 e. The van der Waals surface area contributed by atoms with Gasteiger partial charge in [-0.2, -0.15) is 0 Å². The monoisotopic (exact) mass is 274 g/mol. The van der Waals surface area contributed by atoms with Crippen molar-refractivity contribution in [2.45, 2.75) is 37.4 Å². The third kappa shape index (κ3) is 1.89. The molecule has 2 aliphatic rings. The minimum atomic E-state index is -0.591. The third-order valence-corrected chi connectivity index (χ3v) is 4.28. The summed E-state index contributed by atoms with van der Waals surface area (Å²) in [4.78, 5) is 26.0. The maximum absolute atomic E-state index is 12.5. The van der Waals surface area contributed by atoms with Crippen LogP contribution >= 0.6 is 0 Å². The molecule has 0 spiro atoms. The molecule has 2 heterocycles. The Morgan fingerprint density at radius 3 is 2.85 bits per heavy atom. The highest BCUT2D eigenvalue weighted by molar-refractivity contribution is 5.89. The lowest BCUT2D eigenvalue weighted by Gasteiger charge is -2.29. The highest BCUT2D eigenvalue weighted by atomic mass is 16.5. The largest absolute Gasteiger partial charge is 0.467 e. The van der Waals surface area contributed by atoms with Gasteiger partial charge < -0.3 is 15.4 Å². The summed E-state index contributed by atoms with van der Waals surface area (Å²) in [6, 6.07) is 6.80. The van der Waals surface area contributed by atoms with Crippen LogP contribution in [-0.2, 0) is 20.7 Å². The standard InChI is InChI=1S/C15H18N2O3/c1-20-15(19)13-7-6-12-10-5-3-2-4-9(10)8-11(16)14(18)17(12)13/h2-5,11-13H,6-8,16H2,1H3/t11-,12+,13-/m0/s1. The molecule has 1 amide bonds. The predicted molar refractivity (Wildman–Crippen MR) is 72.7 cm³/mol. The minimum Gasteiger partial charge on any atom is -0.467 e. The molecule has 0 aromatic heterocycles. The summed E-state index contributed by atoms with van der Waals surface area (Å²) in [6.07, 6.45) is 1.93. The predicted octanol–water partition coefficient (Wildman–Crippen LogP) is 0.775. The van der Waals surface area contributed by atoms with Gasteiger partial charge in [0.1, 0.15) is 6.04 Å². The minimum absolute atomic E-state index is 0.0589. The molecule has 20 heavy (non-hydrogen) atoms. The average molecular weight is 274 g/mol. The average Bonchev–Trinajstić information content (AvgIpc) is 2.86. The van der Waals surface area contributed by atoms with Crippen LogP contribution in [0.2, 0.25) is 0 Å². The van der Waals surface area contributed by atoms with E-state index in [1.807, 2.05) is 24.3 Å². The molecule has 2 aliphatic heterocycles. The highest BCUT2D eigenvalue weighted by Crippen LogP contribution is 2.40. The first-order valence-electron chi connectivity index (χ1n) is 6.87. The van der Waals surface area contributed by atoms with Gasteiger partial charge in [0, 0.05) is 0 Å². The molecule has 3 atom stereocenters. The summed E-state index contributed by atoms with van der Waals surface area (Å²) in [5.74, 6) is -0.508. The van der Waals surface area contributed by atoms with Gasteiger partial charge in [-0.05, 0) is 30.4 Å². The van der Waals surface area contributed by atoms with E-state index < -0.39 is 12.1 Å². The van der Waals surface area contributed by atoms with Crippen LogP contribution in [0.1, 0.15) is 30.0 Å². The zero-order chi connectivity index (χ0) is 14.3. The summed E-state index contributed by atoms with van der Waals surface area (Å²) in [5.41, 5.74) is 8.22. The van der Waals surface area contributed by atoms with Crippen LogP contribution in [0.25, 0.3) is 0 Å². The van der Waals surface area contributed by atoms with E-state index >= 15 is 0 Å². The number of methoxy groups -OCH3 is 1. The number of hydrogen-bond acceptors (Lipinski definition) is 4. The second-order valence-electron chi connectivity index (χ2n) is 5.39. The van der Waals surface area contributed by atoms with Gasteiger partial charge in [0.05, 0.1) is 19.2 Å². The molecule has 3 rings (SSSR count). The van der Waals surface area contributed by atoms with Crippen LogP contribution in [0.4, 0.5) is 0 Å². The molecule has 0 unspecified atom stereocenters.